The topological polar surface area (TPSA) is 38.8 Å². The highest BCUT2D eigenvalue weighted by Crippen LogP contribution is 2.39. The van der Waals surface area contributed by atoms with E-state index in [2.05, 4.69) is 20.8 Å². The van der Waals surface area contributed by atoms with Crippen molar-refractivity contribution in [2.24, 2.45) is 5.92 Å². The Labute approximate surface area is 92.1 Å². The van der Waals surface area contributed by atoms with Gasteiger partial charge in [-0.15, -0.1) is 0 Å². The molecule has 0 bridgehead atoms. The molecule has 2 atom stereocenters. The van der Waals surface area contributed by atoms with E-state index < -0.39 is 0 Å². The minimum absolute atomic E-state index is 0.107. The second-order valence-electron chi connectivity index (χ2n) is 5.02. The van der Waals surface area contributed by atoms with E-state index in [1.165, 1.54) is 6.92 Å². The number of carbonyl (C=O) groups is 1. The Bertz CT molecular complexity index is 223. The van der Waals surface area contributed by atoms with Crippen molar-refractivity contribution in [3.63, 3.8) is 0 Å². The van der Waals surface area contributed by atoms with Gasteiger partial charge in [0.2, 0.25) is 0 Å². The molecular weight excluding hydrogens is 192 g/mol. The van der Waals surface area contributed by atoms with Crippen LogP contribution in [0.2, 0.25) is 0 Å². The molecule has 3 heteroatoms. The predicted octanol–water partition coefficient (Wildman–Crippen LogP) is 2.53. The highest BCUT2D eigenvalue weighted by molar-refractivity contribution is 5.65. The minimum Gasteiger partial charge on any atom is -0.466 e. The van der Waals surface area contributed by atoms with Crippen molar-refractivity contribution in [2.45, 2.75) is 58.7 Å². The molecule has 0 unspecified atom stereocenters. The van der Waals surface area contributed by atoms with Gasteiger partial charge in [0.15, 0.2) is 0 Å². The lowest BCUT2D eigenvalue weighted by Gasteiger charge is -2.10. The first-order valence-corrected chi connectivity index (χ1v) is 5.73. The summed E-state index contributed by atoms with van der Waals surface area (Å²) in [6.07, 6.45) is 3.66. The monoisotopic (exact) mass is 214 g/mol. The van der Waals surface area contributed by atoms with Crippen LogP contribution < -0.4 is 0 Å². The van der Waals surface area contributed by atoms with Gasteiger partial charge < -0.3 is 9.47 Å². The summed E-state index contributed by atoms with van der Waals surface area (Å²) < 4.78 is 10.4. The first kappa shape index (κ1) is 12.5. The number of ether oxygens (including phenoxy) is 2. The zero-order chi connectivity index (χ0) is 11.5. The molecule has 15 heavy (non-hydrogen) atoms. The standard InChI is InChI=1S/C12H22O3/c1-9(7-8-14-10(2)13)5-6-11-12(3,4)15-11/h9,11H,5-8H2,1-4H3/t9-,11-/m1/s1. The molecule has 0 amide bonds. The van der Waals surface area contributed by atoms with Crippen molar-refractivity contribution < 1.29 is 14.3 Å². The normalized spacial score (nSPS) is 24.7. The number of epoxide rings is 1. The van der Waals surface area contributed by atoms with E-state index in [1.54, 1.807) is 0 Å². The second-order valence-corrected chi connectivity index (χ2v) is 5.02. The highest BCUT2D eigenvalue weighted by atomic mass is 16.6. The van der Waals surface area contributed by atoms with Gasteiger partial charge in [0.05, 0.1) is 18.3 Å². The van der Waals surface area contributed by atoms with Crippen LogP contribution in [0.25, 0.3) is 0 Å². The van der Waals surface area contributed by atoms with Crippen LogP contribution >= 0.6 is 0 Å². The second kappa shape index (κ2) is 4.97. The average molecular weight is 214 g/mol. The van der Waals surface area contributed by atoms with E-state index in [9.17, 15) is 4.79 Å². The van der Waals surface area contributed by atoms with Gasteiger partial charge >= 0.3 is 5.97 Å². The van der Waals surface area contributed by atoms with E-state index in [-0.39, 0.29) is 11.6 Å². The van der Waals surface area contributed by atoms with Crippen LogP contribution in [0.5, 0.6) is 0 Å². The fourth-order valence-corrected chi connectivity index (χ4v) is 1.72. The van der Waals surface area contributed by atoms with Gasteiger partial charge in [-0.1, -0.05) is 6.92 Å². The largest absolute Gasteiger partial charge is 0.466 e. The van der Waals surface area contributed by atoms with Gasteiger partial charge in [-0.2, -0.15) is 0 Å². The molecule has 0 aromatic carbocycles. The minimum atomic E-state index is -0.186. The number of esters is 1. The summed E-state index contributed by atoms with van der Waals surface area (Å²) in [6, 6.07) is 0. The SMILES string of the molecule is CC(=O)OCC[C@H](C)CC[C@H]1OC1(C)C. The Morgan fingerprint density at radius 1 is 1.47 bits per heavy atom. The summed E-state index contributed by atoms with van der Waals surface area (Å²) in [6.45, 7) is 8.44. The van der Waals surface area contributed by atoms with Gasteiger partial charge in [0.25, 0.3) is 0 Å². The van der Waals surface area contributed by atoms with Crippen LogP contribution in [-0.2, 0) is 14.3 Å². The molecule has 0 aromatic rings. The fraction of sp³-hybridized carbons (Fsp3) is 0.917. The molecule has 0 N–H and O–H groups in total. The van der Waals surface area contributed by atoms with Crippen molar-refractivity contribution in [3.8, 4) is 0 Å². The van der Waals surface area contributed by atoms with Gasteiger partial charge in [-0.05, 0) is 39.0 Å². The van der Waals surface area contributed by atoms with Crippen LogP contribution in [0.3, 0.4) is 0 Å². The van der Waals surface area contributed by atoms with E-state index in [0.29, 0.717) is 18.6 Å². The molecule has 88 valence electrons. The summed E-state index contributed by atoms with van der Waals surface area (Å²) in [5.41, 5.74) is 0.107. The van der Waals surface area contributed by atoms with Gasteiger partial charge in [-0.3, -0.25) is 4.79 Å². The molecule has 1 aliphatic heterocycles. The summed E-state index contributed by atoms with van der Waals surface area (Å²) in [5.74, 6) is 0.415. The Balaban J connectivity index is 1.99. The third-order valence-corrected chi connectivity index (χ3v) is 3.00. The van der Waals surface area contributed by atoms with Crippen LogP contribution in [0, 0.1) is 5.92 Å². The predicted molar refractivity (Wildman–Crippen MR) is 58.6 cm³/mol. The summed E-state index contributed by atoms with van der Waals surface area (Å²) in [5, 5.41) is 0. The molecule has 0 aliphatic carbocycles. The molecule has 1 aliphatic rings. The number of hydrogen-bond acceptors (Lipinski definition) is 3. The van der Waals surface area contributed by atoms with Crippen LogP contribution in [0.15, 0.2) is 0 Å². The zero-order valence-corrected chi connectivity index (χ0v) is 10.2. The molecule has 0 saturated carbocycles. The summed E-state index contributed by atoms with van der Waals surface area (Å²) in [7, 11) is 0. The van der Waals surface area contributed by atoms with Crippen molar-refractivity contribution in [2.75, 3.05) is 6.61 Å². The smallest absolute Gasteiger partial charge is 0.302 e. The maximum atomic E-state index is 10.5. The summed E-state index contributed by atoms with van der Waals surface area (Å²) in [4.78, 5) is 10.5. The summed E-state index contributed by atoms with van der Waals surface area (Å²) >= 11 is 0. The molecule has 1 heterocycles. The average Bonchev–Trinajstić information content (AvgIpc) is 2.70. The number of hydrogen-bond donors (Lipinski definition) is 0. The van der Waals surface area contributed by atoms with Crippen molar-refractivity contribution >= 4 is 5.97 Å². The highest BCUT2D eigenvalue weighted by Gasteiger charge is 2.46. The Hall–Kier alpha value is -0.570. The van der Waals surface area contributed by atoms with Gasteiger partial charge in [-0.25, -0.2) is 0 Å². The molecule has 1 saturated heterocycles. The molecule has 0 aromatic heterocycles. The maximum absolute atomic E-state index is 10.5. The van der Waals surface area contributed by atoms with E-state index >= 15 is 0 Å². The lowest BCUT2D eigenvalue weighted by Crippen LogP contribution is -2.08. The fourth-order valence-electron chi connectivity index (χ4n) is 1.72. The van der Waals surface area contributed by atoms with E-state index in [0.717, 1.165) is 19.3 Å². The lowest BCUT2D eigenvalue weighted by atomic mass is 9.98. The molecular formula is C12H22O3. The van der Waals surface area contributed by atoms with E-state index in [1.807, 2.05) is 0 Å². The number of carbonyl (C=O) groups excluding carboxylic acids is 1. The van der Waals surface area contributed by atoms with Gasteiger partial charge in [0.1, 0.15) is 0 Å². The number of rotatable bonds is 6. The molecule has 0 radical (unpaired) electrons. The van der Waals surface area contributed by atoms with Gasteiger partial charge in [0, 0.05) is 6.92 Å². The zero-order valence-electron chi connectivity index (χ0n) is 10.2. The molecule has 1 fully saturated rings. The Kier molecular flexibility index (Phi) is 4.14. The molecule has 3 nitrogen and oxygen atoms in total. The van der Waals surface area contributed by atoms with E-state index in [4.69, 9.17) is 9.47 Å². The third-order valence-electron chi connectivity index (χ3n) is 3.00. The quantitative estimate of drug-likeness (QED) is 0.504. The van der Waals surface area contributed by atoms with Crippen molar-refractivity contribution in [1.82, 2.24) is 0 Å². The molecule has 0 spiro atoms. The molecule has 1 rings (SSSR count). The van der Waals surface area contributed by atoms with Crippen molar-refractivity contribution in [1.29, 1.82) is 0 Å². The maximum Gasteiger partial charge on any atom is 0.302 e. The first-order chi connectivity index (χ1) is 6.92. The Morgan fingerprint density at radius 2 is 2.07 bits per heavy atom. The van der Waals surface area contributed by atoms with Crippen LogP contribution in [-0.4, -0.2) is 24.3 Å². The lowest BCUT2D eigenvalue weighted by molar-refractivity contribution is -0.141. The van der Waals surface area contributed by atoms with Crippen LogP contribution in [0.4, 0.5) is 0 Å². The third kappa shape index (κ3) is 4.65. The first-order valence-electron chi connectivity index (χ1n) is 5.73. The Morgan fingerprint density at radius 3 is 2.53 bits per heavy atom. The van der Waals surface area contributed by atoms with Crippen molar-refractivity contribution in [3.05, 3.63) is 0 Å². The van der Waals surface area contributed by atoms with Crippen LogP contribution in [0.1, 0.15) is 47.0 Å².